The molecule has 0 spiro atoms. The van der Waals surface area contributed by atoms with Crippen molar-refractivity contribution in [2.24, 2.45) is 0 Å². The second-order valence-corrected chi connectivity index (χ2v) is 8.28. The van der Waals surface area contributed by atoms with E-state index in [1.165, 1.54) is 14.7 Å². The Bertz CT molecular complexity index is 758. The third kappa shape index (κ3) is 3.50. The van der Waals surface area contributed by atoms with Crippen LogP contribution in [0.4, 0.5) is 11.4 Å². The first-order valence-corrected chi connectivity index (χ1v) is 9.98. The molecular formula is C20H24IN3O. The zero-order chi connectivity index (χ0) is 17.4. The molecule has 3 N–H and O–H groups in total. The van der Waals surface area contributed by atoms with Gasteiger partial charge in [0.15, 0.2) is 0 Å². The van der Waals surface area contributed by atoms with E-state index in [4.69, 9.17) is 5.73 Å². The summed E-state index contributed by atoms with van der Waals surface area (Å²) in [6, 6.07) is 14.9. The van der Waals surface area contributed by atoms with Gasteiger partial charge in [-0.25, -0.2) is 0 Å². The van der Waals surface area contributed by atoms with E-state index in [0.29, 0.717) is 0 Å². The predicted octanol–water partition coefficient (Wildman–Crippen LogP) is 2.52. The van der Waals surface area contributed by atoms with Crippen LogP contribution in [0.3, 0.4) is 0 Å². The van der Waals surface area contributed by atoms with Crippen LogP contribution in [0.25, 0.3) is 0 Å². The maximum absolute atomic E-state index is 10.7. The number of hydrogen-bond donors (Lipinski definition) is 2. The molecule has 2 unspecified atom stereocenters. The molecule has 132 valence electrons. The normalized spacial score (nSPS) is 24.2. The molecule has 0 bridgehead atoms. The van der Waals surface area contributed by atoms with E-state index in [1.807, 2.05) is 18.2 Å². The van der Waals surface area contributed by atoms with Crippen molar-refractivity contribution in [1.82, 2.24) is 4.90 Å². The number of nitrogens with two attached hydrogens (primary N) is 1. The average molecular weight is 449 g/mol. The second kappa shape index (κ2) is 7.13. The summed E-state index contributed by atoms with van der Waals surface area (Å²) >= 11 is 2.37. The first kappa shape index (κ1) is 17.1. The number of aliphatic hydroxyl groups is 1. The molecule has 4 nitrogen and oxygen atoms in total. The zero-order valence-corrected chi connectivity index (χ0v) is 16.4. The van der Waals surface area contributed by atoms with Crippen LogP contribution in [-0.2, 0) is 12.8 Å². The smallest absolute Gasteiger partial charge is 0.0739 e. The van der Waals surface area contributed by atoms with E-state index in [-0.39, 0.29) is 12.1 Å². The van der Waals surface area contributed by atoms with E-state index in [2.05, 4.69) is 56.7 Å². The minimum Gasteiger partial charge on any atom is -0.397 e. The van der Waals surface area contributed by atoms with Gasteiger partial charge in [0.25, 0.3) is 0 Å². The summed E-state index contributed by atoms with van der Waals surface area (Å²) in [5.41, 5.74) is 10.8. The average Bonchev–Trinajstić information content (AvgIpc) is 2.62. The van der Waals surface area contributed by atoms with Crippen LogP contribution < -0.4 is 10.6 Å². The Labute approximate surface area is 162 Å². The molecule has 1 aliphatic carbocycles. The fourth-order valence-electron chi connectivity index (χ4n) is 4.15. The summed E-state index contributed by atoms with van der Waals surface area (Å²) in [5.74, 6) is 0. The second-order valence-electron chi connectivity index (χ2n) is 7.04. The lowest BCUT2D eigenvalue weighted by Gasteiger charge is -2.43. The van der Waals surface area contributed by atoms with E-state index in [9.17, 15) is 5.11 Å². The van der Waals surface area contributed by atoms with Crippen molar-refractivity contribution >= 4 is 34.0 Å². The van der Waals surface area contributed by atoms with Crippen LogP contribution in [0.15, 0.2) is 42.5 Å². The molecule has 2 aromatic carbocycles. The van der Waals surface area contributed by atoms with E-state index < -0.39 is 0 Å². The number of benzene rings is 2. The minimum atomic E-state index is -0.277. The number of para-hydroxylation sites is 2. The molecule has 5 heteroatoms. The molecule has 1 saturated heterocycles. The number of halogens is 1. The number of anilines is 2. The fraction of sp³-hybridized carbons (Fsp3) is 0.400. The monoisotopic (exact) mass is 449 g/mol. The maximum Gasteiger partial charge on any atom is 0.0739 e. The Morgan fingerprint density at radius 3 is 2.48 bits per heavy atom. The number of fused-ring (bicyclic) bond motifs is 1. The van der Waals surface area contributed by atoms with E-state index in [0.717, 1.165) is 50.4 Å². The predicted molar refractivity (Wildman–Crippen MR) is 111 cm³/mol. The van der Waals surface area contributed by atoms with Gasteiger partial charge in [-0.3, -0.25) is 4.90 Å². The van der Waals surface area contributed by atoms with Crippen LogP contribution in [0, 0.1) is 3.57 Å². The van der Waals surface area contributed by atoms with Crippen molar-refractivity contribution in [1.29, 1.82) is 0 Å². The number of nitrogens with zero attached hydrogens (tertiary/aromatic N) is 2. The molecular weight excluding hydrogens is 425 g/mol. The Hall–Kier alpha value is -1.31. The molecule has 4 rings (SSSR count). The molecule has 2 aromatic rings. The zero-order valence-electron chi connectivity index (χ0n) is 14.2. The highest BCUT2D eigenvalue weighted by molar-refractivity contribution is 14.1. The molecule has 0 amide bonds. The number of rotatable bonds is 2. The lowest BCUT2D eigenvalue weighted by atomic mass is 9.85. The SMILES string of the molecule is Nc1ccccc1N1CCN(C2Cc3cc(I)ccc3CC2O)CC1. The van der Waals surface area contributed by atoms with Crippen molar-refractivity contribution in [2.45, 2.75) is 25.0 Å². The van der Waals surface area contributed by atoms with Crippen LogP contribution in [0.2, 0.25) is 0 Å². The van der Waals surface area contributed by atoms with Gasteiger partial charge >= 0.3 is 0 Å². The number of hydrogen-bond acceptors (Lipinski definition) is 4. The van der Waals surface area contributed by atoms with Gasteiger partial charge in [0.05, 0.1) is 17.5 Å². The van der Waals surface area contributed by atoms with Crippen molar-refractivity contribution in [3.63, 3.8) is 0 Å². The summed E-state index contributed by atoms with van der Waals surface area (Å²) in [6.07, 6.45) is 1.43. The summed E-state index contributed by atoms with van der Waals surface area (Å²) in [5, 5.41) is 10.7. The van der Waals surface area contributed by atoms with Gasteiger partial charge < -0.3 is 15.7 Å². The van der Waals surface area contributed by atoms with Gasteiger partial charge in [0, 0.05) is 42.2 Å². The third-order valence-corrected chi connectivity index (χ3v) is 6.20. The number of nitrogen functional groups attached to an aromatic ring is 1. The Morgan fingerprint density at radius 1 is 0.960 bits per heavy atom. The molecule has 2 aliphatic rings. The molecule has 2 atom stereocenters. The maximum atomic E-state index is 10.7. The van der Waals surface area contributed by atoms with Gasteiger partial charge in [-0.1, -0.05) is 18.2 Å². The Kier molecular flexibility index (Phi) is 4.88. The van der Waals surface area contributed by atoms with Gasteiger partial charge in [-0.2, -0.15) is 0 Å². The summed E-state index contributed by atoms with van der Waals surface area (Å²) in [4.78, 5) is 4.82. The lowest BCUT2D eigenvalue weighted by Crippen LogP contribution is -2.56. The topological polar surface area (TPSA) is 52.7 Å². The van der Waals surface area contributed by atoms with Crippen LogP contribution >= 0.6 is 22.6 Å². The Balaban J connectivity index is 1.45. The number of aliphatic hydroxyl groups excluding tert-OH is 1. The first-order chi connectivity index (χ1) is 12.1. The molecule has 1 fully saturated rings. The van der Waals surface area contributed by atoms with E-state index >= 15 is 0 Å². The molecule has 1 aliphatic heterocycles. The summed E-state index contributed by atoms with van der Waals surface area (Å²) in [6.45, 7) is 3.85. The quantitative estimate of drug-likeness (QED) is 0.547. The molecule has 0 radical (unpaired) electrons. The van der Waals surface area contributed by atoms with Crippen LogP contribution in [0.1, 0.15) is 11.1 Å². The molecule has 25 heavy (non-hydrogen) atoms. The summed E-state index contributed by atoms with van der Waals surface area (Å²) < 4.78 is 1.27. The van der Waals surface area contributed by atoms with Gasteiger partial charge in [0.1, 0.15) is 0 Å². The minimum absolute atomic E-state index is 0.223. The Morgan fingerprint density at radius 2 is 1.72 bits per heavy atom. The van der Waals surface area contributed by atoms with Crippen molar-refractivity contribution in [3.05, 3.63) is 57.2 Å². The van der Waals surface area contributed by atoms with E-state index in [1.54, 1.807) is 0 Å². The molecule has 0 saturated carbocycles. The first-order valence-electron chi connectivity index (χ1n) is 8.90. The van der Waals surface area contributed by atoms with Gasteiger partial charge in [0.2, 0.25) is 0 Å². The van der Waals surface area contributed by atoms with Crippen LogP contribution in [0.5, 0.6) is 0 Å². The highest BCUT2D eigenvalue weighted by atomic mass is 127. The molecule has 1 heterocycles. The highest BCUT2D eigenvalue weighted by Crippen LogP contribution is 2.29. The highest BCUT2D eigenvalue weighted by Gasteiger charge is 2.33. The van der Waals surface area contributed by atoms with Gasteiger partial charge in [-0.05, 0) is 64.4 Å². The fourth-order valence-corrected chi connectivity index (χ4v) is 4.70. The van der Waals surface area contributed by atoms with Crippen molar-refractivity contribution in [3.8, 4) is 0 Å². The van der Waals surface area contributed by atoms with Crippen LogP contribution in [-0.4, -0.2) is 48.3 Å². The third-order valence-electron chi connectivity index (χ3n) is 5.53. The van der Waals surface area contributed by atoms with Crippen molar-refractivity contribution < 1.29 is 5.11 Å². The molecule has 0 aromatic heterocycles. The lowest BCUT2D eigenvalue weighted by molar-refractivity contribution is 0.0395. The van der Waals surface area contributed by atoms with Crippen molar-refractivity contribution in [2.75, 3.05) is 36.8 Å². The summed E-state index contributed by atoms with van der Waals surface area (Å²) in [7, 11) is 0. The largest absolute Gasteiger partial charge is 0.397 e. The van der Waals surface area contributed by atoms with Gasteiger partial charge in [-0.15, -0.1) is 0 Å². The number of piperazine rings is 1. The standard InChI is InChI=1S/C20H24IN3O/c21-16-6-5-14-13-20(25)19(12-15(14)11-16)24-9-7-23(8-10-24)18-4-2-1-3-17(18)22/h1-6,11,19-20,25H,7-10,12-13,22H2.